The average Bonchev–Trinajstić information content (AvgIpc) is 2.82. The zero-order valence-corrected chi connectivity index (χ0v) is 6.57. The van der Waals surface area contributed by atoms with Crippen LogP contribution in [0.25, 0.3) is 5.32 Å². The summed E-state index contributed by atoms with van der Waals surface area (Å²) in [6.07, 6.45) is 2.99. The molecular weight excluding hydrogens is 142 g/mol. The molecule has 3 nitrogen and oxygen atoms in total. The molecule has 0 amide bonds. The van der Waals surface area contributed by atoms with Gasteiger partial charge in [0.2, 0.25) is 0 Å². The van der Waals surface area contributed by atoms with Crippen LogP contribution >= 0.6 is 0 Å². The Morgan fingerprint density at radius 2 is 2.36 bits per heavy atom. The van der Waals surface area contributed by atoms with Gasteiger partial charge in [-0.05, 0) is 6.92 Å². The normalized spacial score (nSPS) is 57.3. The molecule has 2 fully saturated rings. The van der Waals surface area contributed by atoms with E-state index in [1.54, 1.807) is 7.05 Å². The smallest absolute Gasteiger partial charge is 0.140 e. The molecule has 4 atom stereocenters. The van der Waals surface area contributed by atoms with Crippen molar-refractivity contribution in [2.45, 2.75) is 30.8 Å². The maximum atomic E-state index is 5.49. The maximum absolute atomic E-state index is 5.49. The molecule has 0 bridgehead atoms. The number of likely N-dealkylation sites (N-methyl/N-ethyl adjacent to an activating group) is 1. The lowest BCUT2D eigenvalue weighted by Gasteiger charge is -2.14. The Hall–Kier alpha value is -0.540. The molecule has 4 unspecified atom stereocenters. The summed E-state index contributed by atoms with van der Waals surface area (Å²) in [5.74, 6) is 0. The molecule has 3 rings (SSSR count). The van der Waals surface area contributed by atoms with Crippen molar-refractivity contribution in [2.24, 2.45) is 0 Å². The van der Waals surface area contributed by atoms with Crippen LogP contribution in [-0.4, -0.2) is 31.0 Å². The van der Waals surface area contributed by atoms with E-state index in [-0.39, 0.29) is 17.8 Å². The van der Waals surface area contributed by atoms with Gasteiger partial charge in [-0.15, -0.1) is 12.7 Å². The summed E-state index contributed by atoms with van der Waals surface area (Å²) in [4.78, 5) is 0. The first-order valence-electron chi connectivity index (χ1n) is 3.94. The molecule has 1 spiro atoms. The van der Waals surface area contributed by atoms with E-state index in [1.165, 1.54) is 0 Å². The number of hydrogen-bond acceptors (Lipinski definition) is 2. The molecule has 1 aliphatic carbocycles. The molecule has 0 N–H and O–H groups in total. The first-order chi connectivity index (χ1) is 5.28. The second-order valence-corrected chi connectivity index (χ2v) is 3.38. The van der Waals surface area contributed by atoms with Crippen LogP contribution in [0.3, 0.4) is 0 Å². The zero-order valence-electron chi connectivity index (χ0n) is 6.57. The highest BCUT2D eigenvalue weighted by Crippen LogP contribution is 2.58. The fraction of sp³-hybridized carbons (Fsp3) is 0.750. The first kappa shape index (κ1) is 6.03. The molecule has 11 heavy (non-hydrogen) atoms. The lowest BCUT2D eigenvalue weighted by molar-refractivity contribution is 0.262. The van der Waals surface area contributed by atoms with Crippen LogP contribution in [0.4, 0.5) is 0 Å². The third kappa shape index (κ3) is 0.532. The van der Waals surface area contributed by atoms with E-state index in [0.717, 1.165) is 5.70 Å². The quantitative estimate of drug-likeness (QED) is 0.521. The van der Waals surface area contributed by atoms with E-state index in [2.05, 4.69) is 18.3 Å². The molecule has 2 saturated heterocycles. The van der Waals surface area contributed by atoms with Crippen molar-refractivity contribution in [1.82, 2.24) is 0 Å². The monoisotopic (exact) mass is 152 g/mol. The highest BCUT2D eigenvalue weighted by molar-refractivity contribution is 5.45. The summed E-state index contributed by atoms with van der Waals surface area (Å²) < 4.78 is 10.9. The predicted molar refractivity (Wildman–Crippen MR) is 39.3 cm³/mol. The van der Waals surface area contributed by atoms with Gasteiger partial charge in [0.25, 0.3) is 0 Å². The van der Waals surface area contributed by atoms with E-state index in [0.29, 0.717) is 6.10 Å². The van der Waals surface area contributed by atoms with Gasteiger partial charge in [0.1, 0.15) is 11.7 Å². The minimum Gasteiger partial charge on any atom is -0.688 e. The molecule has 3 aliphatic rings. The minimum absolute atomic E-state index is 0.0699. The highest BCUT2D eigenvalue weighted by Gasteiger charge is 2.70. The summed E-state index contributed by atoms with van der Waals surface area (Å²) in [6, 6.07) is 0. The average molecular weight is 152 g/mol. The molecule has 0 saturated carbocycles. The number of hydrogen-bond donors (Lipinski definition) is 0. The Labute approximate surface area is 65.4 Å². The second-order valence-electron chi connectivity index (χ2n) is 3.38. The SMILES string of the molecule is C[N-]C1=CC2(OC2C)C2OC12. The minimum atomic E-state index is -0.0699. The Morgan fingerprint density at radius 1 is 1.64 bits per heavy atom. The number of ether oxygens (including phenoxy) is 2. The molecule has 2 aliphatic heterocycles. The standard InChI is InChI=1S/C8H10NO2/c1-4-8(11-4)3-5(9-2)6-7(8)10-6/h3-4,6-7H,1-2H3/q-1. The lowest BCUT2D eigenvalue weighted by atomic mass is 10.1. The van der Waals surface area contributed by atoms with Crippen molar-refractivity contribution in [3.63, 3.8) is 0 Å². The summed E-state index contributed by atoms with van der Waals surface area (Å²) in [7, 11) is 1.80. The lowest BCUT2D eigenvalue weighted by Crippen LogP contribution is -2.16. The van der Waals surface area contributed by atoms with Gasteiger partial charge in [0.15, 0.2) is 0 Å². The highest BCUT2D eigenvalue weighted by atomic mass is 16.7. The summed E-state index contributed by atoms with van der Waals surface area (Å²) in [5.41, 5.74) is 0.999. The van der Waals surface area contributed by atoms with Crippen molar-refractivity contribution in [3.05, 3.63) is 17.1 Å². The number of fused-ring (bicyclic) bond motifs is 2. The van der Waals surface area contributed by atoms with E-state index in [9.17, 15) is 0 Å². The summed E-state index contributed by atoms with van der Waals surface area (Å²) in [5, 5.41) is 4.14. The van der Waals surface area contributed by atoms with Crippen LogP contribution < -0.4 is 0 Å². The fourth-order valence-corrected chi connectivity index (χ4v) is 1.99. The number of rotatable bonds is 1. The molecule has 0 aromatic rings. The second kappa shape index (κ2) is 1.47. The van der Waals surface area contributed by atoms with E-state index in [4.69, 9.17) is 9.47 Å². The van der Waals surface area contributed by atoms with Gasteiger partial charge in [0, 0.05) is 0 Å². The van der Waals surface area contributed by atoms with E-state index >= 15 is 0 Å². The largest absolute Gasteiger partial charge is 0.688 e. The van der Waals surface area contributed by atoms with Gasteiger partial charge < -0.3 is 14.8 Å². The molecule has 60 valence electrons. The molecule has 0 aromatic carbocycles. The van der Waals surface area contributed by atoms with Crippen molar-refractivity contribution in [1.29, 1.82) is 0 Å². The zero-order chi connectivity index (χ0) is 7.64. The predicted octanol–water partition coefficient (Wildman–Crippen LogP) is 0.812. The van der Waals surface area contributed by atoms with Crippen LogP contribution in [0.2, 0.25) is 0 Å². The van der Waals surface area contributed by atoms with Gasteiger partial charge in [-0.3, -0.25) is 0 Å². The van der Waals surface area contributed by atoms with Crippen molar-refractivity contribution in [3.8, 4) is 0 Å². The molecular formula is C8H10NO2-. The van der Waals surface area contributed by atoms with Crippen LogP contribution in [0.1, 0.15) is 6.92 Å². The molecule has 2 heterocycles. The number of epoxide rings is 2. The van der Waals surface area contributed by atoms with Crippen molar-refractivity contribution in [2.75, 3.05) is 7.05 Å². The Balaban J connectivity index is 1.95. The third-order valence-corrected chi connectivity index (χ3v) is 2.82. The number of nitrogens with zero attached hydrogens (tertiary/aromatic N) is 1. The van der Waals surface area contributed by atoms with Crippen LogP contribution in [0.5, 0.6) is 0 Å². The molecule has 0 aromatic heterocycles. The fourth-order valence-electron chi connectivity index (χ4n) is 1.99. The van der Waals surface area contributed by atoms with E-state index in [1.807, 2.05) is 0 Å². The Bertz CT molecular complexity index is 250. The van der Waals surface area contributed by atoms with Crippen molar-refractivity contribution < 1.29 is 9.47 Å². The van der Waals surface area contributed by atoms with Gasteiger partial charge in [0.05, 0.1) is 12.2 Å². The Kier molecular flexibility index (Phi) is 0.806. The van der Waals surface area contributed by atoms with Gasteiger partial charge in [-0.25, -0.2) is 0 Å². The third-order valence-electron chi connectivity index (χ3n) is 2.82. The summed E-state index contributed by atoms with van der Waals surface area (Å²) in [6.45, 7) is 2.08. The molecule has 3 heteroatoms. The summed E-state index contributed by atoms with van der Waals surface area (Å²) >= 11 is 0. The van der Waals surface area contributed by atoms with Gasteiger partial charge in [-0.1, -0.05) is 6.08 Å². The van der Waals surface area contributed by atoms with Crippen LogP contribution in [0.15, 0.2) is 11.8 Å². The first-order valence-corrected chi connectivity index (χ1v) is 3.94. The molecule has 0 radical (unpaired) electrons. The van der Waals surface area contributed by atoms with Gasteiger partial charge in [-0.2, -0.15) is 0 Å². The van der Waals surface area contributed by atoms with Crippen molar-refractivity contribution >= 4 is 0 Å². The maximum Gasteiger partial charge on any atom is 0.140 e. The topological polar surface area (TPSA) is 39.2 Å². The van der Waals surface area contributed by atoms with E-state index < -0.39 is 0 Å². The van der Waals surface area contributed by atoms with Gasteiger partial charge >= 0.3 is 0 Å². The Morgan fingerprint density at radius 3 is 2.73 bits per heavy atom. The van der Waals surface area contributed by atoms with Crippen LogP contribution in [0, 0.1) is 0 Å². The van der Waals surface area contributed by atoms with Crippen LogP contribution in [-0.2, 0) is 9.47 Å².